The molecule has 4 rings (SSSR count). The van der Waals surface area contributed by atoms with Crippen LogP contribution in [0.3, 0.4) is 0 Å². The fourth-order valence-electron chi connectivity index (χ4n) is 2.97. The lowest BCUT2D eigenvalue weighted by atomic mass is 10.1. The molecule has 3 heterocycles. The highest BCUT2D eigenvalue weighted by molar-refractivity contribution is 7.15. The van der Waals surface area contributed by atoms with Crippen molar-refractivity contribution in [2.45, 2.75) is 32.5 Å². The Labute approximate surface area is 144 Å². The van der Waals surface area contributed by atoms with Crippen LogP contribution in [0.5, 0.6) is 0 Å². The van der Waals surface area contributed by atoms with Crippen LogP contribution in [0.1, 0.15) is 28.1 Å². The van der Waals surface area contributed by atoms with E-state index in [0.29, 0.717) is 6.42 Å². The molecular formula is C17H19N5OS. The fourth-order valence-corrected chi connectivity index (χ4v) is 3.68. The number of aromatic nitrogens is 4. The quantitative estimate of drug-likeness (QED) is 0.789. The normalized spacial score (nSPS) is 15.3. The van der Waals surface area contributed by atoms with Crippen LogP contribution in [0, 0.1) is 6.92 Å². The monoisotopic (exact) mass is 341 g/mol. The summed E-state index contributed by atoms with van der Waals surface area (Å²) in [6, 6.07) is 12.0. The molecule has 1 unspecified atom stereocenters. The first-order chi connectivity index (χ1) is 11.7. The summed E-state index contributed by atoms with van der Waals surface area (Å²) in [4.78, 5) is 2.22. The minimum atomic E-state index is -0.581. The molecule has 24 heavy (non-hydrogen) atoms. The number of hydrogen-bond acceptors (Lipinski definition) is 6. The number of rotatable bonds is 4. The second-order valence-corrected chi connectivity index (χ2v) is 7.17. The fraction of sp³-hybridized carbons (Fsp3) is 0.353. The standard InChI is InChI=1S/C17H19N5OS/c1-12-18-19-17(24-12)21-7-8-22-14(11-21)10-15(20-22)16(23)9-13-5-3-2-4-6-13/h2-6,10,16,23H,7-9,11H2,1H3. The van der Waals surface area contributed by atoms with E-state index in [1.807, 2.05) is 48.0 Å². The van der Waals surface area contributed by atoms with Crippen LogP contribution >= 0.6 is 11.3 Å². The van der Waals surface area contributed by atoms with Gasteiger partial charge in [0.1, 0.15) is 11.1 Å². The number of aliphatic hydroxyl groups is 1. The van der Waals surface area contributed by atoms with Crippen molar-refractivity contribution in [2.75, 3.05) is 11.4 Å². The van der Waals surface area contributed by atoms with E-state index in [9.17, 15) is 5.11 Å². The first kappa shape index (κ1) is 15.3. The summed E-state index contributed by atoms with van der Waals surface area (Å²) >= 11 is 1.61. The summed E-state index contributed by atoms with van der Waals surface area (Å²) in [5, 5.41) is 25.3. The Morgan fingerprint density at radius 2 is 2.04 bits per heavy atom. The zero-order valence-electron chi connectivity index (χ0n) is 13.5. The highest BCUT2D eigenvalue weighted by Gasteiger charge is 2.23. The Morgan fingerprint density at radius 3 is 2.79 bits per heavy atom. The first-order valence-corrected chi connectivity index (χ1v) is 8.84. The number of hydrogen-bond donors (Lipinski definition) is 1. The van der Waals surface area contributed by atoms with Gasteiger partial charge in [-0.1, -0.05) is 41.7 Å². The minimum Gasteiger partial charge on any atom is -0.386 e. The summed E-state index contributed by atoms with van der Waals surface area (Å²) in [5.41, 5.74) is 2.96. The molecule has 124 valence electrons. The van der Waals surface area contributed by atoms with E-state index >= 15 is 0 Å². The number of fused-ring (bicyclic) bond motifs is 1. The summed E-state index contributed by atoms with van der Waals surface area (Å²) in [6.07, 6.45) is -0.000848. The molecular weight excluding hydrogens is 322 g/mol. The predicted molar refractivity (Wildman–Crippen MR) is 93.0 cm³/mol. The molecule has 0 amide bonds. The molecule has 0 saturated heterocycles. The van der Waals surface area contributed by atoms with Crippen molar-refractivity contribution in [3.8, 4) is 0 Å². The second kappa shape index (κ2) is 6.33. The number of aliphatic hydroxyl groups excluding tert-OH is 1. The zero-order valence-corrected chi connectivity index (χ0v) is 14.3. The van der Waals surface area contributed by atoms with E-state index in [0.717, 1.165) is 46.7 Å². The molecule has 6 nitrogen and oxygen atoms in total. The predicted octanol–water partition coefficient (Wildman–Crippen LogP) is 2.34. The number of benzene rings is 1. The van der Waals surface area contributed by atoms with Gasteiger partial charge >= 0.3 is 0 Å². The molecule has 1 N–H and O–H groups in total. The summed E-state index contributed by atoms with van der Waals surface area (Å²) in [5.74, 6) is 0. The van der Waals surface area contributed by atoms with Crippen molar-refractivity contribution < 1.29 is 5.11 Å². The molecule has 0 bridgehead atoms. The number of aryl methyl sites for hydroxylation is 1. The van der Waals surface area contributed by atoms with Crippen molar-refractivity contribution in [3.63, 3.8) is 0 Å². The third kappa shape index (κ3) is 3.05. The zero-order chi connectivity index (χ0) is 16.5. The van der Waals surface area contributed by atoms with Gasteiger partial charge in [0.2, 0.25) is 5.13 Å². The maximum Gasteiger partial charge on any atom is 0.208 e. The van der Waals surface area contributed by atoms with Gasteiger partial charge in [-0.05, 0) is 18.6 Å². The lowest BCUT2D eigenvalue weighted by Gasteiger charge is -2.26. The smallest absolute Gasteiger partial charge is 0.208 e. The van der Waals surface area contributed by atoms with Crippen LogP contribution in [-0.4, -0.2) is 31.6 Å². The Morgan fingerprint density at radius 1 is 1.21 bits per heavy atom. The molecule has 0 saturated carbocycles. The maximum absolute atomic E-state index is 10.5. The Bertz CT molecular complexity index is 829. The minimum absolute atomic E-state index is 0.580. The SMILES string of the molecule is Cc1nnc(N2CCn3nc(C(O)Cc4ccccc4)cc3C2)s1. The number of nitrogens with zero attached hydrogens (tertiary/aromatic N) is 5. The Balaban J connectivity index is 1.50. The lowest BCUT2D eigenvalue weighted by Crippen LogP contribution is -2.33. The van der Waals surface area contributed by atoms with E-state index in [1.165, 1.54) is 0 Å². The Kier molecular flexibility index (Phi) is 4.03. The molecule has 0 aliphatic carbocycles. The molecule has 1 aliphatic rings. The van der Waals surface area contributed by atoms with Gasteiger partial charge in [0.15, 0.2) is 0 Å². The highest BCUT2D eigenvalue weighted by Crippen LogP contribution is 2.26. The summed E-state index contributed by atoms with van der Waals surface area (Å²) < 4.78 is 1.99. The summed E-state index contributed by atoms with van der Waals surface area (Å²) in [6.45, 7) is 4.37. The molecule has 7 heteroatoms. The Hall–Kier alpha value is -2.25. The molecule has 1 atom stereocenters. The molecule has 1 aliphatic heterocycles. The van der Waals surface area contributed by atoms with E-state index in [2.05, 4.69) is 20.2 Å². The largest absolute Gasteiger partial charge is 0.386 e. The number of anilines is 1. The van der Waals surface area contributed by atoms with Crippen molar-refractivity contribution >= 4 is 16.5 Å². The van der Waals surface area contributed by atoms with E-state index in [4.69, 9.17) is 0 Å². The van der Waals surface area contributed by atoms with Crippen LogP contribution < -0.4 is 4.90 Å². The van der Waals surface area contributed by atoms with Crippen LogP contribution in [0.15, 0.2) is 36.4 Å². The molecule has 0 spiro atoms. The van der Waals surface area contributed by atoms with Crippen LogP contribution in [0.2, 0.25) is 0 Å². The van der Waals surface area contributed by atoms with Gasteiger partial charge in [0, 0.05) is 13.0 Å². The van der Waals surface area contributed by atoms with Crippen molar-refractivity contribution in [2.24, 2.45) is 0 Å². The van der Waals surface area contributed by atoms with Crippen molar-refractivity contribution in [1.29, 1.82) is 0 Å². The van der Waals surface area contributed by atoms with Gasteiger partial charge in [-0.25, -0.2) is 0 Å². The average molecular weight is 341 g/mol. The van der Waals surface area contributed by atoms with Crippen molar-refractivity contribution in [3.05, 3.63) is 58.4 Å². The second-order valence-electron chi connectivity index (χ2n) is 6.01. The van der Waals surface area contributed by atoms with Crippen molar-refractivity contribution in [1.82, 2.24) is 20.0 Å². The topological polar surface area (TPSA) is 67.1 Å². The average Bonchev–Trinajstić information content (AvgIpc) is 3.21. The van der Waals surface area contributed by atoms with E-state index in [-0.39, 0.29) is 0 Å². The van der Waals surface area contributed by atoms with Crippen LogP contribution in [0.4, 0.5) is 5.13 Å². The van der Waals surface area contributed by atoms with Gasteiger partial charge in [0.25, 0.3) is 0 Å². The van der Waals surface area contributed by atoms with E-state index < -0.39 is 6.10 Å². The van der Waals surface area contributed by atoms with Gasteiger partial charge in [-0.2, -0.15) is 5.10 Å². The molecule has 0 radical (unpaired) electrons. The van der Waals surface area contributed by atoms with Crippen LogP contribution in [0.25, 0.3) is 0 Å². The lowest BCUT2D eigenvalue weighted by molar-refractivity contribution is 0.172. The molecule has 0 fully saturated rings. The van der Waals surface area contributed by atoms with Gasteiger partial charge < -0.3 is 10.0 Å². The van der Waals surface area contributed by atoms with Gasteiger partial charge in [0.05, 0.1) is 24.5 Å². The van der Waals surface area contributed by atoms with E-state index in [1.54, 1.807) is 11.3 Å². The maximum atomic E-state index is 10.5. The molecule has 2 aromatic heterocycles. The third-order valence-electron chi connectivity index (χ3n) is 4.22. The highest BCUT2D eigenvalue weighted by atomic mass is 32.1. The first-order valence-electron chi connectivity index (χ1n) is 8.03. The third-order valence-corrected chi connectivity index (χ3v) is 5.12. The molecule has 1 aromatic carbocycles. The van der Waals surface area contributed by atoms with Gasteiger partial charge in [-0.15, -0.1) is 10.2 Å². The summed E-state index contributed by atoms with van der Waals surface area (Å²) in [7, 11) is 0. The van der Waals surface area contributed by atoms with Crippen LogP contribution in [-0.2, 0) is 19.5 Å². The van der Waals surface area contributed by atoms with Gasteiger partial charge in [-0.3, -0.25) is 4.68 Å². The molecule has 3 aromatic rings.